The molecule has 0 spiro atoms. The molecule has 1 saturated carbocycles. The zero-order valence-electron chi connectivity index (χ0n) is 47.9. The molecule has 0 amide bonds. The number of fused-ring (bicyclic) bond motifs is 7. The van der Waals surface area contributed by atoms with E-state index in [2.05, 4.69) is 280 Å². The van der Waals surface area contributed by atoms with Gasteiger partial charge in [-0.05, 0) is 140 Å². The third-order valence-corrected chi connectivity index (χ3v) is 20.5. The van der Waals surface area contributed by atoms with Crippen molar-refractivity contribution >= 4 is 81.9 Å². The van der Waals surface area contributed by atoms with E-state index in [0.717, 1.165) is 6.42 Å². The average molecular weight is 1010 g/mol. The Balaban J connectivity index is 1.24. The van der Waals surface area contributed by atoms with Gasteiger partial charge in [-0.15, -0.1) is 0 Å². The molecule has 0 aromatic heterocycles. The standard InChI is InChI=1S/C71H78BN3Si/c1-67(2,3)49-32-36-59(54(41-49)47-25-17-15-18-26-47)73-62-30-22-21-29-57(62)72-58-35-31-51(69(7,8)9)43-63(58)74(60-37-33-50(68(4,5)6)42-55(60)48-27-19-16-20-28-48)65-45-52(44-64(73)66(65)72)75-61-38-34-53(76(12,13)14)46-56(61)70(10)39-23-24-40-71(70,75)11/h15-22,25-38,41-46H,23-24,39-40H2,1-14H3. The van der Waals surface area contributed by atoms with Gasteiger partial charge in [0.1, 0.15) is 0 Å². The summed E-state index contributed by atoms with van der Waals surface area (Å²) in [4.78, 5) is 8.23. The number of para-hydroxylation sites is 1. The average Bonchev–Trinajstić information content (AvgIpc) is 3.61. The molecule has 0 N–H and O–H groups in total. The molecule has 2 atom stereocenters. The smallest absolute Gasteiger partial charge is 0.252 e. The highest BCUT2D eigenvalue weighted by atomic mass is 28.3. The molecule has 12 rings (SSSR count). The molecule has 1 aliphatic carbocycles. The molecule has 2 unspecified atom stereocenters. The van der Waals surface area contributed by atoms with E-state index in [4.69, 9.17) is 0 Å². The number of rotatable bonds is 6. The van der Waals surface area contributed by atoms with Gasteiger partial charge in [-0.2, -0.15) is 0 Å². The molecule has 4 aliphatic rings. The Morgan fingerprint density at radius 3 is 1.46 bits per heavy atom. The molecule has 5 heteroatoms. The van der Waals surface area contributed by atoms with Crippen LogP contribution in [0.15, 0.2) is 170 Å². The van der Waals surface area contributed by atoms with Crippen LogP contribution in [0.2, 0.25) is 19.6 Å². The van der Waals surface area contributed by atoms with Gasteiger partial charge in [0.2, 0.25) is 0 Å². The first-order chi connectivity index (χ1) is 36.0. The summed E-state index contributed by atoms with van der Waals surface area (Å²) >= 11 is 0. The van der Waals surface area contributed by atoms with Crippen LogP contribution in [0.4, 0.5) is 45.5 Å². The van der Waals surface area contributed by atoms with Gasteiger partial charge in [0.05, 0.1) is 25.0 Å². The Labute approximate surface area is 457 Å². The van der Waals surface area contributed by atoms with Crippen molar-refractivity contribution in [2.24, 2.45) is 0 Å². The van der Waals surface area contributed by atoms with E-state index in [-0.39, 0.29) is 33.9 Å². The SMILES string of the molecule is CC(C)(C)c1ccc(N2c3ccccc3B3c4ccc(C(C)(C)C)cc4N(c4ccc(C(C)(C)C)cc4-c4ccccc4)c4cc(N5c6ccc([Si](C)(C)C)cc6C6(C)CCCCC56C)cc2c43)c(-c2ccccc2)c1. The van der Waals surface area contributed by atoms with Gasteiger partial charge in [0.15, 0.2) is 0 Å². The number of hydrogen-bond donors (Lipinski definition) is 0. The molecule has 0 bridgehead atoms. The Morgan fingerprint density at radius 2 is 0.908 bits per heavy atom. The Morgan fingerprint density at radius 1 is 0.434 bits per heavy atom. The molecule has 3 heterocycles. The van der Waals surface area contributed by atoms with Crippen LogP contribution in [0.25, 0.3) is 22.3 Å². The first-order valence-electron chi connectivity index (χ1n) is 28.3. The summed E-state index contributed by atoms with van der Waals surface area (Å²) in [5.74, 6) is 0. The van der Waals surface area contributed by atoms with E-state index >= 15 is 0 Å². The topological polar surface area (TPSA) is 9.72 Å². The van der Waals surface area contributed by atoms with Crippen LogP contribution in [-0.2, 0) is 21.7 Å². The van der Waals surface area contributed by atoms with Gasteiger partial charge in [-0.3, -0.25) is 0 Å². The molecule has 76 heavy (non-hydrogen) atoms. The second-order valence-corrected chi connectivity index (χ2v) is 32.5. The molecule has 8 aromatic carbocycles. The van der Waals surface area contributed by atoms with Crippen LogP contribution >= 0.6 is 0 Å². The maximum absolute atomic E-state index is 2.85. The molecule has 384 valence electrons. The maximum Gasteiger partial charge on any atom is 0.252 e. The molecular weight excluding hydrogens is 934 g/mol. The summed E-state index contributed by atoms with van der Waals surface area (Å²) in [6.07, 6.45) is 4.77. The summed E-state index contributed by atoms with van der Waals surface area (Å²) in [5.41, 5.74) is 24.1. The van der Waals surface area contributed by atoms with Crippen LogP contribution in [0, 0.1) is 0 Å². The van der Waals surface area contributed by atoms with Gasteiger partial charge in [-0.1, -0.05) is 222 Å². The number of hydrogen-bond acceptors (Lipinski definition) is 3. The van der Waals surface area contributed by atoms with Crippen LogP contribution in [-0.4, -0.2) is 20.3 Å². The second-order valence-electron chi connectivity index (χ2n) is 27.4. The predicted molar refractivity (Wildman–Crippen MR) is 333 cm³/mol. The fraction of sp³-hybridized carbons (Fsp3) is 0.324. The zero-order chi connectivity index (χ0) is 53.5. The molecular formula is C71H78BN3Si. The summed E-state index contributed by atoms with van der Waals surface area (Å²) in [7, 11) is -1.64. The summed E-state index contributed by atoms with van der Waals surface area (Å²) in [5, 5.41) is 1.55. The number of nitrogens with zero attached hydrogens (tertiary/aromatic N) is 3. The minimum absolute atomic E-state index is 0.0180. The molecule has 3 nitrogen and oxygen atoms in total. The molecule has 0 radical (unpaired) electrons. The van der Waals surface area contributed by atoms with Crippen LogP contribution in [0.1, 0.15) is 124 Å². The highest BCUT2D eigenvalue weighted by Gasteiger charge is 2.58. The van der Waals surface area contributed by atoms with Crippen molar-refractivity contribution in [3.8, 4) is 22.3 Å². The van der Waals surface area contributed by atoms with E-state index < -0.39 is 8.07 Å². The largest absolute Gasteiger partial charge is 0.334 e. The lowest BCUT2D eigenvalue weighted by Gasteiger charge is -2.51. The quantitative estimate of drug-likeness (QED) is 0.154. The Kier molecular flexibility index (Phi) is 11.6. The number of anilines is 8. The summed E-state index contributed by atoms with van der Waals surface area (Å²) in [6, 6.07) is 66.7. The van der Waals surface area contributed by atoms with Gasteiger partial charge in [-0.25, -0.2) is 0 Å². The Bertz CT molecular complexity index is 3590. The van der Waals surface area contributed by atoms with Crippen molar-refractivity contribution in [1.82, 2.24) is 0 Å². The van der Waals surface area contributed by atoms with E-state index in [9.17, 15) is 0 Å². The van der Waals surface area contributed by atoms with E-state index in [0.29, 0.717) is 0 Å². The summed E-state index contributed by atoms with van der Waals surface area (Å²) < 4.78 is 0. The van der Waals surface area contributed by atoms with Crippen molar-refractivity contribution in [3.05, 3.63) is 192 Å². The van der Waals surface area contributed by atoms with Crippen molar-refractivity contribution in [1.29, 1.82) is 0 Å². The maximum atomic E-state index is 2.85. The van der Waals surface area contributed by atoms with Crippen molar-refractivity contribution in [3.63, 3.8) is 0 Å². The monoisotopic (exact) mass is 1010 g/mol. The highest BCUT2D eigenvalue weighted by molar-refractivity contribution is 7.00. The first kappa shape index (κ1) is 50.3. The molecule has 1 fully saturated rings. The van der Waals surface area contributed by atoms with Crippen molar-refractivity contribution in [2.45, 2.75) is 149 Å². The fourth-order valence-electron chi connectivity index (χ4n) is 13.7. The van der Waals surface area contributed by atoms with Crippen LogP contribution < -0.4 is 36.3 Å². The molecule has 8 aromatic rings. The fourth-order valence-corrected chi connectivity index (χ4v) is 14.9. The lowest BCUT2D eigenvalue weighted by atomic mass is 9.33. The van der Waals surface area contributed by atoms with E-state index in [1.165, 1.54) is 126 Å². The van der Waals surface area contributed by atoms with Gasteiger partial charge < -0.3 is 14.7 Å². The van der Waals surface area contributed by atoms with Gasteiger partial charge in [0, 0.05) is 50.7 Å². The highest BCUT2D eigenvalue weighted by Crippen LogP contribution is 2.62. The lowest BCUT2D eigenvalue weighted by Crippen LogP contribution is -2.61. The Hall–Kier alpha value is -6.56. The first-order valence-corrected chi connectivity index (χ1v) is 31.8. The van der Waals surface area contributed by atoms with Crippen molar-refractivity contribution < 1.29 is 0 Å². The van der Waals surface area contributed by atoms with Gasteiger partial charge >= 0.3 is 0 Å². The third kappa shape index (κ3) is 7.87. The van der Waals surface area contributed by atoms with E-state index in [1.807, 2.05) is 0 Å². The third-order valence-electron chi connectivity index (χ3n) is 18.4. The number of benzene rings is 8. The van der Waals surface area contributed by atoms with Crippen LogP contribution in [0.5, 0.6) is 0 Å². The molecule has 3 aliphatic heterocycles. The minimum Gasteiger partial charge on any atom is -0.334 e. The lowest BCUT2D eigenvalue weighted by molar-refractivity contribution is 0.195. The van der Waals surface area contributed by atoms with Gasteiger partial charge in [0.25, 0.3) is 6.71 Å². The zero-order valence-corrected chi connectivity index (χ0v) is 48.9. The van der Waals surface area contributed by atoms with Crippen LogP contribution in [0.3, 0.4) is 0 Å². The minimum atomic E-state index is -1.64. The predicted octanol–water partition coefficient (Wildman–Crippen LogP) is 17.3. The molecule has 0 saturated heterocycles. The van der Waals surface area contributed by atoms with Crippen molar-refractivity contribution in [2.75, 3.05) is 14.7 Å². The normalized spacial score (nSPS) is 19.0. The second kappa shape index (κ2) is 17.5. The van der Waals surface area contributed by atoms with E-state index in [1.54, 1.807) is 5.19 Å². The summed E-state index contributed by atoms with van der Waals surface area (Å²) in [6.45, 7) is 33.9.